The quantitative estimate of drug-likeness (QED) is 0.676. The first-order valence-corrected chi connectivity index (χ1v) is 8.32. The highest BCUT2D eigenvalue weighted by atomic mass is 16.3. The average molecular weight is 282 g/mol. The van der Waals surface area contributed by atoms with Crippen molar-refractivity contribution in [1.82, 2.24) is 10.6 Å². The maximum Gasteiger partial charge on any atom is 0.227 e. The van der Waals surface area contributed by atoms with E-state index >= 15 is 0 Å². The van der Waals surface area contributed by atoms with Gasteiger partial charge in [0.2, 0.25) is 5.91 Å². The van der Waals surface area contributed by atoms with E-state index in [0.717, 1.165) is 58.0 Å². The molecular formula is C16H30N2O2. The van der Waals surface area contributed by atoms with Gasteiger partial charge in [0.25, 0.3) is 0 Å². The lowest BCUT2D eigenvalue weighted by Gasteiger charge is -2.31. The lowest BCUT2D eigenvalue weighted by molar-refractivity contribution is -0.132. The van der Waals surface area contributed by atoms with Crippen LogP contribution in [0.2, 0.25) is 0 Å². The van der Waals surface area contributed by atoms with Crippen LogP contribution in [-0.4, -0.2) is 36.2 Å². The van der Waals surface area contributed by atoms with Crippen molar-refractivity contribution in [1.29, 1.82) is 0 Å². The van der Waals surface area contributed by atoms with E-state index < -0.39 is 5.60 Å². The molecule has 0 aromatic carbocycles. The lowest BCUT2D eigenvalue weighted by atomic mass is 9.81. The fourth-order valence-corrected chi connectivity index (χ4v) is 3.74. The topological polar surface area (TPSA) is 61.4 Å². The molecule has 4 nitrogen and oxygen atoms in total. The van der Waals surface area contributed by atoms with Gasteiger partial charge in [0, 0.05) is 13.1 Å². The third-order valence-corrected chi connectivity index (χ3v) is 5.07. The Bertz CT molecular complexity index is 316. The Kier molecular flexibility index (Phi) is 5.44. The van der Waals surface area contributed by atoms with Crippen molar-refractivity contribution in [3.63, 3.8) is 0 Å². The maximum atomic E-state index is 12.6. The molecule has 116 valence electrons. The van der Waals surface area contributed by atoms with Gasteiger partial charge in [-0.25, -0.2) is 0 Å². The Balaban J connectivity index is 1.89. The summed E-state index contributed by atoms with van der Waals surface area (Å²) in [7, 11) is 0. The summed E-state index contributed by atoms with van der Waals surface area (Å²) >= 11 is 0. The Morgan fingerprint density at radius 3 is 2.45 bits per heavy atom. The van der Waals surface area contributed by atoms with E-state index in [1.807, 2.05) is 0 Å². The summed E-state index contributed by atoms with van der Waals surface area (Å²) < 4.78 is 0. The minimum absolute atomic E-state index is 0.141. The van der Waals surface area contributed by atoms with Crippen molar-refractivity contribution in [2.45, 2.75) is 70.3 Å². The molecule has 0 aromatic heterocycles. The molecule has 0 aromatic rings. The standard InChI is InChI=1S/C16H30N2O2/c1-2-7-15(10-11-17-12-15)14(19)18-13-16(20)8-5-3-4-6-9-16/h17,20H,2-13H2,1H3,(H,18,19). The fourth-order valence-electron chi connectivity index (χ4n) is 3.74. The van der Waals surface area contributed by atoms with Crippen molar-refractivity contribution in [3.05, 3.63) is 0 Å². The summed E-state index contributed by atoms with van der Waals surface area (Å²) in [6.07, 6.45) is 9.11. The molecule has 20 heavy (non-hydrogen) atoms. The smallest absolute Gasteiger partial charge is 0.227 e. The predicted octanol–water partition coefficient (Wildman–Crippen LogP) is 1.97. The first kappa shape index (κ1) is 15.8. The molecule has 2 aliphatic rings. The van der Waals surface area contributed by atoms with Crippen LogP contribution < -0.4 is 10.6 Å². The van der Waals surface area contributed by atoms with Gasteiger partial charge in [0.15, 0.2) is 0 Å². The van der Waals surface area contributed by atoms with Gasteiger partial charge in [-0.2, -0.15) is 0 Å². The van der Waals surface area contributed by atoms with E-state index in [9.17, 15) is 9.90 Å². The van der Waals surface area contributed by atoms with E-state index in [1.165, 1.54) is 12.8 Å². The summed E-state index contributed by atoms with van der Waals surface area (Å²) in [6, 6.07) is 0. The van der Waals surface area contributed by atoms with Gasteiger partial charge < -0.3 is 15.7 Å². The summed E-state index contributed by atoms with van der Waals surface area (Å²) in [5, 5.41) is 17.0. The molecule has 3 N–H and O–H groups in total. The lowest BCUT2D eigenvalue weighted by Crippen LogP contribution is -2.49. The first-order chi connectivity index (χ1) is 9.60. The molecule has 1 aliphatic carbocycles. The normalized spacial score (nSPS) is 29.9. The van der Waals surface area contributed by atoms with Gasteiger partial charge in [-0.3, -0.25) is 4.79 Å². The Hall–Kier alpha value is -0.610. The number of amides is 1. The number of rotatable bonds is 5. The van der Waals surface area contributed by atoms with Crippen LogP contribution in [0.3, 0.4) is 0 Å². The molecule has 2 rings (SSSR count). The highest BCUT2D eigenvalue weighted by Crippen LogP contribution is 2.32. The van der Waals surface area contributed by atoms with Crippen molar-refractivity contribution >= 4 is 5.91 Å². The second kappa shape index (κ2) is 6.90. The molecule has 1 amide bonds. The fraction of sp³-hybridized carbons (Fsp3) is 0.938. The summed E-state index contributed by atoms with van der Waals surface area (Å²) in [5.74, 6) is 0.141. The van der Waals surface area contributed by atoms with Crippen LogP contribution in [0, 0.1) is 5.41 Å². The second-order valence-corrected chi connectivity index (χ2v) is 6.78. The average Bonchev–Trinajstić information content (AvgIpc) is 2.80. The highest BCUT2D eigenvalue weighted by Gasteiger charge is 2.41. The summed E-state index contributed by atoms with van der Waals surface area (Å²) in [4.78, 5) is 12.6. The minimum atomic E-state index is -0.675. The molecule has 1 heterocycles. The molecule has 1 unspecified atom stereocenters. The van der Waals surface area contributed by atoms with Gasteiger partial charge in [-0.15, -0.1) is 0 Å². The van der Waals surface area contributed by atoms with E-state index in [0.29, 0.717) is 6.54 Å². The van der Waals surface area contributed by atoms with Gasteiger partial charge >= 0.3 is 0 Å². The zero-order chi connectivity index (χ0) is 14.5. The van der Waals surface area contributed by atoms with Crippen LogP contribution in [0.4, 0.5) is 0 Å². The molecule has 1 saturated carbocycles. The van der Waals surface area contributed by atoms with E-state index in [-0.39, 0.29) is 11.3 Å². The molecule has 0 bridgehead atoms. The maximum absolute atomic E-state index is 12.6. The van der Waals surface area contributed by atoms with Crippen molar-refractivity contribution in [2.75, 3.05) is 19.6 Å². The van der Waals surface area contributed by atoms with E-state index in [4.69, 9.17) is 0 Å². The van der Waals surface area contributed by atoms with Crippen LogP contribution in [0.5, 0.6) is 0 Å². The number of carbonyl (C=O) groups excluding carboxylic acids is 1. The second-order valence-electron chi connectivity index (χ2n) is 6.78. The van der Waals surface area contributed by atoms with Crippen LogP contribution in [0.15, 0.2) is 0 Å². The molecule has 1 atom stereocenters. The molecule has 4 heteroatoms. The zero-order valence-corrected chi connectivity index (χ0v) is 12.8. The third-order valence-electron chi connectivity index (χ3n) is 5.07. The minimum Gasteiger partial charge on any atom is -0.388 e. The van der Waals surface area contributed by atoms with Crippen LogP contribution in [0.25, 0.3) is 0 Å². The molecule has 0 radical (unpaired) electrons. The van der Waals surface area contributed by atoms with Gasteiger partial charge in [-0.05, 0) is 32.2 Å². The molecule has 0 spiro atoms. The van der Waals surface area contributed by atoms with E-state index in [2.05, 4.69) is 17.6 Å². The monoisotopic (exact) mass is 282 g/mol. The predicted molar refractivity (Wildman–Crippen MR) is 80.5 cm³/mol. The first-order valence-electron chi connectivity index (χ1n) is 8.32. The van der Waals surface area contributed by atoms with Crippen molar-refractivity contribution in [3.8, 4) is 0 Å². The largest absolute Gasteiger partial charge is 0.388 e. The number of aliphatic hydroxyl groups is 1. The van der Waals surface area contributed by atoms with Crippen LogP contribution in [-0.2, 0) is 4.79 Å². The molecule has 1 saturated heterocycles. The number of hydrogen-bond donors (Lipinski definition) is 3. The van der Waals surface area contributed by atoms with Crippen LogP contribution in [0.1, 0.15) is 64.7 Å². The van der Waals surface area contributed by atoms with Crippen molar-refractivity contribution in [2.24, 2.45) is 5.41 Å². The Morgan fingerprint density at radius 2 is 1.90 bits per heavy atom. The molecular weight excluding hydrogens is 252 g/mol. The third kappa shape index (κ3) is 3.73. The number of hydrogen-bond acceptors (Lipinski definition) is 3. The van der Waals surface area contributed by atoms with Gasteiger partial charge in [-0.1, -0.05) is 39.0 Å². The number of carbonyl (C=O) groups is 1. The molecule has 1 aliphatic heterocycles. The molecule has 2 fully saturated rings. The summed E-state index contributed by atoms with van der Waals surface area (Å²) in [6.45, 7) is 4.27. The SMILES string of the molecule is CCCC1(C(=O)NCC2(O)CCCCCC2)CCNC1. The van der Waals surface area contributed by atoms with Gasteiger partial charge in [0.05, 0.1) is 11.0 Å². The zero-order valence-electron chi connectivity index (χ0n) is 12.8. The highest BCUT2D eigenvalue weighted by molar-refractivity contribution is 5.83. The Labute approximate surface area is 122 Å². The van der Waals surface area contributed by atoms with Crippen LogP contribution >= 0.6 is 0 Å². The van der Waals surface area contributed by atoms with E-state index in [1.54, 1.807) is 0 Å². The number of nitrogens with one attached hydrogen (secondary N) is 2. The summed E-state index contributed by atoms with van der Waals surface area (Å²) in [5.41, 5.74) is -0.915. The van der Waals surface area contributed by atoms with Gasteiger partial charge in [0.1, 0.15) is 0 Å². The van der Waals surface area contributed by atoms with Crippen molar-refractivity contribution < 1.29 is 9.90 Å². The Morgan fingerprint density at radius 1 is 1.20 bits per heavy atom.